The van der Waals surface area contributed by atoms with Crippen molar-refractivity contribution in [2.75, 3.05) is 11.4 Å². The lowest BCUT2D eigenvalue weighted by Crippen LogP contribution is -2.32. The van der Waals surface area contributed by atoms with Crippen LogP contribution >= 0.6 is 0 Å². The molecule has 1 amide bonds. The third-order valence-electron chi connectivity index (χ3n) is 4.64. The lowest BCUT2D eigenvalue weighted by atomic mass is 9.94. The number of nitrogens with zero attached hydrogens (tertiary/aromatic N) is 1. The van der Waals surface area contributed by atoms with Gasteiger partial charge >= 0.3 is 5.97 Å². The fourth-order valence-electron chi connectivity index (χ4n) is 3.52. The Hall–Kier alpha value is -2.62. The monoisotopic (exact) mass is 307 g/mol. The van der Waals surface area contributed by atoms with Gasteiger partial charge in [-0.15, -0.1) is 0 Å². The molecule has 23 heavy (non-hydrogen) atoms. The molecule has 2 aliphatic heterocycles. The quantitative estimate of drug-likeness (QED) is 0.801. The maximum atomic E-state index is 12.9. The van der Waals surface area contributed by atoms with Gasteiger partial charge in [-0.3, -0.25) is 9.59 Å². The summed E-state index contributed by atoms with van der Waals surface area (Å²) in [6.45, 7) is 0.561. The van der Waals surface area contributed by atoms with E-state index in [1.807, 2.05) is 59.5 Å². The SMILES string of the molecule is O=C1CCC(C2CN(C(=O)c3ccccc3)c3ccccc32)O1. The second kappa shape index (κ2) is 5.54. The molecule has 0 bridgehead atoms. The lowest BCUT2D eigenvalue weighted by Gasteiger charge is -2.20. The molecule has 1 saturated heterocycles. The van der Waals surface area contributed by atoms with Gasteiger partial charge in [0.1, 0.15) is 6.10 Å². The highest BCUT2D eigenvalue weighted by atomic mass is 16.5. The predicted octanol–water partition coefficient (Wildman–Crippen LogP) is 3.14. The van der Waals surface area contributed by atoms with Crippen LogP contribution in [0.5, 0.6) is 0 Å². The Kier molecular flexibility index (Phi) is 3.37. The van der Waals surface area contributed by atoms with Crippen LogP contribution in [0.3, 0.4) is 0 Å². The second-order valence-corrected chi connectivity index (χ2v) is 6.01. The van der Waals surface area contributed by atoms with Gasteiger partial charge in [-0.2, -0.15) is 0 Å². The minimum Gasteiger partial charge on any atom is -0.462 e. The molecule has 116 valence electrons. The second-order valence-electron chi connectivity index (χ2n) is 6.01. The van der Waals surface area contributed by atoms with Crippen molar-refractivity contribution < 1.29 is 14.3 Å². The van der Waals surface area contributed by atoms with E-state index in [2.05, 4.69) is 0 Å². The molecule has 0 saturated carbocycles. The van der Waals surface area contributed by atoms with Crippen molar-refractivity contribution in [3.63, 3.8) is 0 Å². The summed E-state index contributed by atoms with van der Waals surface area (Å²) >= 11 is 0. The highest BCUT2D eigenvalue weighted by Crippen LogP contribution is 2.42. The Balaban J connectivity index is 1.68. The minimum atomic E-state index is -0.139. The molecule has 0 spiro atoms. The summed E-state index contributed by atoms with van der Waals surface area (Å²) in [7, 11) is 0. The summed E-state index contributed by atoms with van der Waals surface area (Å²) in [4.78, 5) is 26.1. The van der Waals surface area contributed by atoms with Crippen LogP contribution in [0.2, 0.25) is 0 Å². The van der Waals surface area contributed by atoms with Crippen molar-refractivity contribution in [1.82, 2.24) is 0 Å². The minimum absolute atomic E-state index is 0.00938. The van der Waals surface area contributed by atoms with E-state index in [0.29, 0.717) is 18.5 Å². The van der Waals surface area contributed by atoms with Crippen LogP contribution in [0.15, 0.2) is 54.6 Å². The van der Waals surface area contributed by atoms with Gasteiger partial charge in [0.05, 0.1) is 0 Å². The topological polar surface area (TPSA) is 46.6 Å². The maximum Gasteiger partial charge on any atom is 0.306 e. The number of carbonyl (C=O) groups is 2. The molecule has 2 atom stereocenters. The molecule has 2 unspecified atom stereocenters. The van der Waals surface area contributed by atoms with Crippen molar-refractivity contribution in [1.29, 1.82) is 0 Å². The summed E-state index contributed by atoms with van der Waals surface area (Å²) in [5.41, 5.74) is 2.69. The number of carbonyl (C=O) groups excluding carboxylic acids is 2. The Morgan fingerprint density at radius 2 is 1.78 bits per heavy atom. The van der Waals surface area contributed by atoms with Gasteiger partial charge in [0.15, 0.2) is 0 Å². The van der Waals surface area contributed by atoms with Gasteiger partial charge in [0.25, 0.3) is 5.91 Å². The highest BCUT2D eigenvalue weighted by Gasteiger charge is 2.40. The lowest BCUT2D eigenvalue weighted by molar-refractivity contribution is -0.142. The van der Waals surface area contributed by atoms with E-state index in [1.165, 1.54) is 0 Å². The molecule has 4 rings (SSSR count). The zero-order chi connectivity index (χ0) is 15.8. The number of rotatable bonds is 2. The summed E-state index contributed by atoms with van der Waals surface area (Å²) < 4.78 is 5.46. The largest absolute Gasteiger partial charge is 0.462 e. The van der Waals surface area contributed by atoms with Gasteiger partial charge in [-0.25, -0.2) is 0 Å². The zero-order valence-corrected chi connectivity index (χ0v) is 12.6. The number of anilines is 1. The first-order chi connectivity index (χ1) is 11.2. The van der Waals surface area contributed by atoms with Crippen LogP contribution in [0.4, 0.5) is 5.69 Å². The summed E-state index contributed by atoms with van der Waals surface area (Å²) in [6.07, 6.45) is 1.07. The number of hydrogen-bond donors (Lipinski definition) is 0. The first-order valence-electron chi connectivity index (χ1n) is 7.89. The van der Waals surface area contributed by atoms with Crippen LogP contribution in [0.25, 0.3) is 0 Å². The average molecular weight is 307 g/mol. The van der Waals surface area contributed by atoms with Gasteiger partial charge in [-0.1, -0.05) is 36.4 Å². The van der Waals surface area contributed by atoms with Gasteiger partial charge < -0.3 is 9.64 Å². The molecule has 2 aromatic rings. The third-order valence-corrected chi connectivity index (χ3v) is 4.64. The smallest absolute Gasteiger partial charge is 0.306 e. The van der Waals surface area contributed by atoms with Gasteiger partial charge in [0.2, 0.25) is 0 Å². The molecular formula is C19H17NO3. The number of amides is 1. The van der Waals surface area contributed by atoms with Crippen molar-refractivity contribution >= 4 is 17.6 Å². The molecule has 0 N–H and O–H groups in total. The number of para-hydroxylation sites is 1. The van der Waals surface area contributed by atoms with Crippen molar-refractivity contribution in [2.45, 2.75) is 24.9 Å². The summed E-state index contributed by atoms with van der Waals surface area (Å²) in [5.74, 6) is -0.0875. The van der Waals surface area contributed by atoms with Crippen LogP contribution < -0.4 is 4.90 Å². The van der Waals surface area contributed by atoms with E-state index in [0.717, 1.165) is 17.7 Å². The van der Waals surface area contributed by atoms with E-state index < -0.39 is 0 Å². The predicted molar refractivity (Wildman–Crippen MR) is 86.4 cm³/mol. The van der Waals surface area contributed by atoms with Crippen molar-refractivity contribution in [3.8, 4) is 0 Å². The van der Waals surface area contributed by atoms with E-state index in [-0.39, 0.29) is 23.9 Å². The Morgan fingerprint density at radius 3 is 2.52 bits per heavy atom. The van der Waals surface area contributed by atoms with Crippen LogP contribution in [0.1, 0.15) is 34.7 Å². The molecule has 4 heteroatoms. The number of ether oxygens (including phenoxy) is 1. The molecule has 0 radical (unpaired) electrons. The molecule has 1 fully saturated rings. The first-order valence-corrected chi connectivity index (χ1v) is 7.89. The molecule has 0 aromatic heterocycles. The number of fused-ring (bicyclic) bond motifs is 1. The van der Waals surface area contributed by atoms with E-state index >= 15 is 0 Å². The fraction of sp³-hybridized carbons (Fsp3) is 0.263. The van der Waals surface area contributed by atoms with Crippen LogP contribution in [-0.4, -0.2) is 24.5 Å². The van der Waals surface area contributed by atoms with Crippen molar-refractivity contribution in [3.05, 3.63) is 65.7 Å². The summed E-state index contributed by atoms with van der Waals surface area (Å²) in [6, 6.07) is 17.2. The van der Waals surface area contributed by atoms with Crippen molar-refractivity contribution in [2.24, 2.45) is 0 Å². The fourth-order valence-corrected chi connectivity index (χ4v) is 3.52. The highest BCUT2D eigenvalue weighted by molar-refractivity contribution is 6.07. The molecule has 2 aliphatic rings. The molecule has 0 aliphatic carbocycles. The molecule has 2 heterocycles. The Bertz CT molecular complexity index is 756. The number of esters is 1. The third kappa shape index (κ3) is 2.40. The van der Waals surface area contributed by atoms with E-state index in [1.54, 1.807) is 0 Å². The number of benzene rings is 2. The summed E-state index contributed by atoms with van der Waals surface area (Å²) in [5, 5.41) is 0. The standard InChI is InChI=1S/C19H17NO3/c21-18-11-10-17(23-18)15-12-20(16-9-5-4-8-14(15)16)19(22)13-6-2-1-3-7-13/h1-9,15,17H,10-12H2. The Morgan fingerprint density at radius 1 is 1.04 bits per heavy atom. The van der Waals surface area contributed by atoms with Gasteiger partial charge in [-0.05, 0) is 30.2 Å². The van der Waals surface area contributed by atoms with Gasteiger partial charge in [0, 0.05) is 30.1 Å². The zero-order valence-electron chi connectivity index (χ0n) is 12.6. The normalized spacial score (nSPS) is 22.8. The maximum absolute atomic E-state index is 12.9. The number of cyclic esters (lactones) is 1. The van der Waals surface area contributed by atoms with E-state index in [9.17, 15) is 9.59 Å². The molecular weight excluding hydrogens is 290 g/mol. The first kappa shape index (κ1) is 14.0. The molecule has 2 aromatic carbocycles. The average Bonchev–Trinajstić information content (AvgIpc) is 3.19. The molecule has 4 nitrogen and oxygen atoms in total. The van der Waals surface area contributed by atoms with E-state index in [4.69, 9.17) is 4.74 Å². The van der Waals surface area contributed by atoms with Crippen LogP contribution in [0, 0.1) is 0 Å². The van der Waals surface area contributed by atoms with Crippen LogP contribution in [-0.2, 0) is 9.53 Å². The Labute approximate surface area is 134 Å². The number of hydrogen-bond acceptors (Lipinski definition) is 3.